The third kappa shape index (κ3) is 4.31. The molecule has 0 fully saturated rings. The van der Waals surface area contributed by atoms with Gasteiger partial charge in [-0.1, -0.05) is 6.92 Å². The van der Waals surface area contributed by atoms with Crippen LogP contribution in [0.1, 0.15) is 23.1 Å². The van der Waals surface area contributed by atoms with Gasteiger partial charge in [-0.25, -0.2) is 24.3 Å². The maximum atomic E-state index is 12.9. The molecule has 0 radical (unpaired) electrons. The first-order valence-corrected chi connectivity index (χ1v) is 7.51. The molecular weight excluding hydrogens is 325 g/mol. The molecule has 25 heavy (non-hydrogen) atoms. The number of ether oxygens (including phenoxy) is 1. The molecule has 0 aliphatic rings. The van der Waals surface area contributed by atoms with Crippen molar-refractivity contribution in [2.75, 3.05) is 5.32 Å². The Bertz CT molecular complexity index is 872. The molecule has 8 heteroatoms. The number of halogens is 1. The van der Waals surface area contributed by atoms with Crippen molar-refractivity contribution in [3.05, 3.63) is 66.4 Å². The zero-order chi connectivity index (χ0) is 17.6. The van der Waals surface area contributed by atoms with Gasteiger partial charge in [0.1, 0.15) is 29.4 Å². The van der Waals surface area contributed by atoms with Gasteiger partial charge in [0, 0.05) is 17.8 Å². The van der Waals surface area contributed by atoms with Gasteiger partial charge in [0.2, 0.25) is 0 Å². The number of carbonyl (C=O) groups excluding carboxylic acids is 1. The predicted molar refractivity (Wildman–Crippen MR) is 87.9 cm³/mol. The van der Waals surface area contributed by atoms with Crippen LogP contribution in [-0.2, 0) is 6.42 Å². The highest BCUT2D eigenvalue weighted by atomic mass is 19.1. The van der Waals surface area contributed by atoms with Crippen molar-refractivity contribution in [1.29, 1.82) is 0 Å². The van der Waals surface area contributed by atoms with Crippen molar-refractivity contribution in [2.24, 2.45) is 0 Å². The van der Waals surface area contributed by atoms with Gasteiger partial charge in [-0.2, -0.15) is 0 Å². The van der Waals surface area contributed by atoms with E-state index in [0.29, 0.717) is 23.6 Å². The second-order valence-corrected chi connectivity index (χ2v) is 5.03. The maximum absolute atomic E-state index is 12.9. The maximum Gasteiger partial charge on any atom is 0.275 e. The summed E-state index contributed by atoms with van der Waals surface area (Å²) < 4.78 is 18.6. The van der Waals surface area contributed by atoms with Crippen molar-refractivity contribution in [1.82, 2.24) is 19.9 Å². The third-order valence-corrected chi connectivity index (χ3v) is 3.19. The summed E-state index contributed by atoms with van der Waals surface area (Å²) in [6.45, 7) is 1.92. The molecule has 1 amide bonds. The van der Waals surface area contributed by atoms with Gasteiger partial charge in [-0.3, -0.25) is 4.79 Å². The highest BCUT2D eigenvalue weighted by Gasteiger charge is 2.12. The van der Waals surface area contributed by atoms with Crippen molar-refractivity contribution < 1.29 is 13.9 Å². The van der Waals surface area contributed by atoms with Gasteiger partial charge in [0.25, 0.3) is 5.91 Å². The summed E-state index contributed by atoms with van der Waals surface area (Å²) in [7, 11) is 0. The number of hydrogen-bond acceptors (Lipinski definition) is 6. The number of anilines is 1. The standard InChI is InChI=1S/C17H14FN5O2/c1-2-12-5-13(25-14-8-19-10-20-9-14)6-15(22-12)17(24)23-16-4-3-11(18)7-21-16/h3-10H,2H2,1H3,(H,21,23,24). The van der Waals surface area contributed by atoms with Gasteiger partial charge >= 0.3 is 0 Å². The molecule has 0 saturated heterocycles. The van der Waals surface area contributed by atoms with E-state index in [1.54, 1.807) is 6.07 Å². The smallest absolute Gasteiger partial charge is 0.275 e. The molecule has 0 saturated carbocycles. The van der Waals surface area contributed by atoms with Crippen LogP contribution in [0.2, 0.25) is 0 Å². The predicted octanol–water partition coefficient (Wildman–Crippen LogP) is 3.01. The first-order chi connectivity index (χ1) is 12.1. The number of rotatable bonds is 5. The second kappa shape index (κ2) is 7.43. The Morgan fingerprint density at radius 2 is 1.96 bits per heavy atom. The van der Waals surface area contributed by atoms with E-state index in [4.69, 9.17) is 4.74 Å². The normalized spacial score (nSPS) is 10.3. The lowest BCUT2D eigenvalue weighted by atomic mass is 10.2. The van der Waals surface area contributed by atoms with Crippen LogP contribution >= 0.6 is 0 Å². The molecule has 126 valence electrons. The van der Waals surface area contributed by atoms with Crippen LogP contribution in [0, 0.1) is 5.82 Å². The lowest BCUT2D eigenvalue weighted by Gasteiger charge is -2.09. The minimum atomic E-state index is -0.482. The molecule has 0 atom stereocenters. The molecule has 0 spiro atoms. The minimum Gasteiger partial charge on any atom is -0.454 e. The van der Waals surface area contributed by atoms with E-state index in [1.807, 2.05) is 6.92 Å². The largest absolute Gasteiger partial charge is 0.454 e. The van der Waals surface area contributed by atoms with Crippen LogP contribution in [0.4, 0.5) is 10.2 Å². The highest BCUT2D eigenvalue weighted by Crippen LogP contribution is 2.22. The Hall–Kier alpha value is -3.42. The Balaban J connectivity index is 1.83. The summed E-state index contributed by atoms with van der Waals surface area (Å²) in [6, 6.07) is 5.82. The number of nitrogens with zero attached hydrogens (tertiary/aromatic N) is 4. The number of aryl methyl sites for hydroxylation is 1. The van der Waals surface area contributed by atoms with Gasteiger partial charge in [0.15, 0.2) is 5.75 Å². The average Bonchev–Trinajstić information content (AvgIpc) is 2.64. The average molecular weight is 339 g/mol. The molecular formula is C17H14FN5O2. The quantitative estimate of drug-likeness (QED) is 0.768. The molecule has 0 aliphatic carbocycles. The fraction of sp³-hybridized carbons (Fsp3) is 0.118. The van der Waals surface area contributed by atoms with E-state index < -0.39 is 11.7 Å². The summed E-state index contributed by atoms with van der Waals surface area (Å²) in [4.78, 5) is 28.2. The number of carbonyl (C=O) groups is 1. The number of hydrogen-bond donors (Lipinski definition) is 1. The van der Waals surface area contributed by atoms with Crippen LogP contribution in [0.25, 0.3) is 0 Å². The summed E-state index contributed by atoms with van der Waals surface area (Å²) in [5, 5.41) is 2.57. The van der Waals surface area contributed by atoms with Crippen LogP contribution in [0.15, 0.2) is 49.2 Å². The van der Waals surface area contributed by atoms with E-state index in [9.17, 15) is 9.18 Å². The summed E-state index contributed by atoms with van der Waals surface area (Å²) in [5.41, 5.74) is 0.851. The fourth-order valence-electron chi connectivity index (χ4n) is 2.02. The number of amides is 1. The Morgan fingerprint density at radius 1 is 1.16 bits per heavy atom. The third-order valence-electron chi connectivity index (χ3n) is 3.19. The van der Waals surface area contributed by atoms with Gasteiger partial charge < -0.3 is 10.1 Å². The second-order valence-electron chi connectivity index (χ2n) is 5.03. The number of aromatic nitrogens is 4. The Labute approximate surface area is 143 Å². The number of pyridine rings is 2. The summed E-state index contributed by atoms with van der Waals surface area (Å²) in [5.74, 6) is 0.170. The van der Waals surface area contributed by atoms with E-state index in [2.05, 4.69) is 25.3 Å². The Kier molecular flexibility index (Phi) is 4.89. The van der Waals surface area contributed by atoms with E-state index in [-0.39, 0.29) is 11.5 Å². The fourth-order valence-corrected chi connectivity index (χ4v) is 2.02. The molecule has 0 aromatic carbocycles. The van der Waals surface area contributed by atoms with Gasteiger partial charge in [-0.05, 0) is 18.6 Å². The number of nitrogens with one attached hydrogen (secondary N) is 1. The molecule has 1 N–H and O–H groups in total. The van der Waals surface area contributed by atoms with Crippen LogP contribution in [-0.4, -0.2) is 25.8 Å². The van der Waals surface area contributed by atoms with E-state index in [0.717, 1.165) is 6.20 Å². The van der Waals surface area contributed by atoms with Gasteiger partial charge in [-0.15, -0.1) is 0 Å². The molecule has 0 unspecified atom stereocenters. The summed E-state index contributed by atoms with van der Waals surface area (Å²) >= 11 is 0. The Morgan fingerprint density at radius 3 is 2.64 bits per heavy atom. The topological polar surface area (TPSA) is 89.9 Å². The van der Waals surface area contributed by atoms with Crippen molar-refractivity contribution in [3.8, 4) is 11.5 Å². The highest BCUT2D eigenvalue weighted by molar-refractivity contribution is 6.02. The van der Waals surface area contributed by atoms with Crippen LogP contribution in [0.3, 0.4) is 0 Å². The molecule has 0 bridgehead atoms. The lowest BCUT2D eigenvalue weighted by molar-refractivity contribution is 0.102. The lowest BCUT2D eigenvalue weighted by Crippen LogP contribution is -2.15. The molecule has 3 rings (SSSR count). The monoisotopic (exact) mass is 339 g/mol. The van der Waals surface area contributed by atoms with Crippen LogP contribution in [0.5, 0.6) is 11.5 Å². The SMILES string of the molecule is CCc1cc(Oc2cncnc2)cc(C(=O)Nc2ccc(F)cn2)n1. The van der Waals surface area contributed by atoms with Crippen molar-refractivity contribution >= 4 is 11.7 Å². The minimum absolute atomic E-state index is 0.164. The molecule has 3 aromatic rings. The molecule has 0 aliphatic heterocycles. The molecule has 7 nitrogen and oxygen atoms in total. The molecule has 3 heterocycles. The summed E-state index contributed by atoms with van der Waals surface area (Å²) in [6.07, 6.45) is 6.07. The first-order valence-electron chi connectivity index (χ1n) is 7.51. The van der Waals surface area contributed by atoms with Gasteiger partial charge in [0.05, 0.1) is 18.6 Å². The zero-order valence-electron chi connectivity index (χ0n) is 13.3. The van der Waals surface area contributed by atoms with Crippen LogP contribution < -0.4 is 10.1 Å². The van der Waals surface area contributed by atoms with E-state index >= 15 is 0 Å². The molecule has 3 aromatic heterocycles. The van der Waals surface area contributed by atoms with Crippen molar-refractivity contribution in [3.63, 3.8) is 0 Å². The van der Waals surface area contributed by atoms with E-state index in [1.165, 1.54) is 36.9 Å². The zero-order valence-corrected chi connectivity index (χ0v) is 13.3. The first kappa shape index (κ1) is 16.4. The van der Waals surface area contributed by atoms with Crippen molar-refractivity contribution in [2.45, 2.75) is 13.3 Å².